The van der Waals surface area contributed by atoms with Crippen LogP contribution >= 0.6 is 0 Å². The van der Waals surface area contributed by atoms with E-state index in [2.05, 4.69) is 83.1 Å². The summed E-state index contributed by atoms with van der Waals surface area (Å²) in [6.07, 6.45) is 1.32. The normalized spacial score (nSPS) is 15.5. The summed E-state index contributed by atoms with van der Waals surface area (Å²) in [7, 11) is 0. The van der Waals surface area contributed by atoms with Crippen molar-refractivity contribution in [1.29, 1.82) is 0 Å². The molecule has 0 bridgehead atoms. The van der Waals surface area contributed by atoms with Gasteiger partial charge in [-0.1, -0.05) is 83.1 Å². The molecule has 0 aromatic carbocycles. The van der Waals surface area contributed by atoms with Crippen LogP contribution in [-0.2, 0) is 0 Å². The third-order valence-corrected chi connectivity index (χ3v) is 4.65. The van der Waals surface area contributed by atoms with Crippen molar-refractivity contribution in [3.8, 4) is 0 Å². The minimum atomic E-state index is 0.368. The van der Waals surface area contributed by atoms with Gasteiger partial charge in [0.1, 0.15) is 0 Å². The van der Waals surface area contributed by atoms with Gasteiger partial charge in [-0.05, 0) is 39.9 Å². The van der Waals surface area contributed by atoms with Crippen LogP contribution in [0.4, 0.5) is 0 Å². The predicted molar refractivity (Wildman–Crippen MR) is 89.4 cm³/mol. The average Bonchev–Trinajstić information content (AvgIpc) is 1.91. The maximum absolute atomic E-state index is 2.41. The van der Waals surface area contributed by atoms with E-state index in [1.54, 1.807) is 0 Å². The van der Waals surface area contributed by atoms with Crippen molar-refractivity contribution in [2.24, 2.45) is 33.5 Å². The molecule has 0 amide bonds. The molecule has 0 radical (unpaired) electrons. The lowest BCUT2D eigenvalue weighted by atomic mass is 9.56. The van der Waals surface area contributed by atoms with Crippen LogP contribution in [-0.4, -0.2) is 0 Å². The Morgan fingerprint density at radius 1 is 0.421 bits per heavy atom. The highest BCUT2D eigenvalue weighted by Gasteiger charge is 2.42. The molecule has 0 rings (SSSR count). The summed E-state index contributed by atoms with van der Waals surface area (Å²) in [4.78, 5) is 0. The molecule has 0 aromatic rings. The van der Waals surface area contributed by atoms with Crippen LogP contribution in [0.3, 0.4) is 0 Å². The fourth-order valence-corrected chi connectivity index (χ4v) is 4.25. The topological polar surface area (TPSA) is 0 Å². The Morgan fingerprint density at radius 3 is 0.684 bits per heavy atom. The van der Waals surface area contributed by atoms with Gasteiger partial charge in [0.25, 0.3) is 0 Å². The van der Waals surface area contributed by atoms with Crippen LogP contribution in [0.2, 0.25) is 0 Å². The molecule has 0 unspecified atom stereocenters. The molecule has 0 aromatic heterocycles. The molecule has 0 aliphatic heterocycles. The van der Waals surface area contributed by atoms with Gasteiger partial charge in [0, 0.05) is 0 Å². The van der Waals surface area contributed by atoms with Crippen molar-refractivity contribution in [3.63, 3.8) is 0 Å². The molecule has 0 heterocycles. The number of rotatable bonds is 2. The van der Waals surface area contributed by atoms with Crippen molar-refractivity contribution >= 4 is 0 Å². The van der Waals surface area contributed by atoms with E-state index in [9.17, 15) is 0 Å². The van der Waals surface area contributed by atoms with Gasteiger partial charge in [-0.25, -0.2) is 0 Å². The van der Waals surface area contributed by atoms with Crippen molar-refractivity contribution in [2.45, 2.75) is 89.5 Å². The maximum atomic E-state index is 2.41. The SMILES string of the molecule is CC(C)(C)C(CC(C(C)(C)C)C(C)(C)C)C(C)(C)C. The Balaban J connectivity index is 5.43. The second kappa shape index (κ2) is 5.41. The molecular formula is C19H40. The van der Waals surface area contributed by atoms with Crippen LogP contribution in [0.1, 0.15) is 89.5 Å². The second-order valence-corrected chi connectivity index (χ2v) is 10.8. The molecule has 0 aliphatic rings. The van der Waals surface area contributed by atoms with Crippen molar-refractivity contribution in [1.82, 2.24) is 0 Å². The molecule has 0 saturated heterocycles. The molecule has 0 heteroatoms. The lowest BCUT2D eigenvalue weighted by Crippen LogP contribution is -2.41. The van der Waals surface area contributed by atoms with E-state index in [0.717, 1.165) is 11.8 Å². The zero-order valence-corrected chi connectivity index (χ0v) is 15.9. The summed E-state index contributed by atoms with van der Waals surface area (Å²) >= 11 is 0. The Labute approximate surface area is 123 Å². The van der Waals surface area contributed by atoms with E-state index < -0.39 is 0 Å². The zero-order valence-electron chi connectivity index (χ0n) is 15.9. The number of hydrogen-bond acceptors (Lipinski definition) is 0. The second-order valence-electron chi connectivity index (χ2n) is 10.8. The van der Waals surface area contributed by atoms with E-state index in [1.165, 1.54) is 6.42 Å². The highest BCUT2D eigenvalue weighted by atomic mass is 14.5. The Hall–Kier alpha value is 0. The minimum Gasteiger partial charge on any atom is -0.0599 e. The van der Waals surface area contributed by atoms with Gasteiger partial charge in [-0.2, -0.15) is 0 Å². The van der Waals surface area contributed by atoms with Crippen molar-refractivity contribution in [3.05, 3.63) is 0 Å². The summed E-state index contributed by atoms with van der Waals surface area (Å²) in [6.45, 7) is 28.9. The molecule has 0 N–H and O–H groups in total. The molecule has 19 heavy (non-hydrogen) atoms. The van der Waals surface area contributed by atoms with Gasteiger partial charge in [0.05, 0.1) is 0 Å². The first-order valence-electron chi connectivity index (χ1n) is 7.97. The van der Waals surface area contributed by atoms with E-state index in [4.69, 9.17) is 0 Å². The first-order valence-corrected chi connectivity index (χ1v) is 7.97. The van der Waals surface area contributed by atoms with E-state index in [0.29, 0.717) is 21.7 Å². The van der Waals surface area contributed by atoms with Crippen molar-refractivity contribution < 1.29 is 0 Å². The molecule has 0 aliphatic carbocycles. The van der Waals surface area contributed by atoms with Crippen LogP contribution in [0.25, 0.3) is 0 Å². The maximum Gasteiger partial charge on any atom is -0.0314 e. The standard InChI is InChI=1S/C19H40/c1-16(2,3)14(17(4,5)6)13-15(18(7,8)9)19(10,11)12/h14-15H,13H2,1-12H3. The monoisotopic (exact) mass is 268 g/mol. The van der Waals surface area contributed by atoms with Gasteiger partial charge in [0.2, 0.25) is 0 Å². The summed E-state index contributed by atoms with van der Waals surface area (Å²) in [5.74, 6) is 1.48. The van der Waals surface area contributed by atoms with Gasteiger partial charge >= 0.3 is 0 Å². The summed E-state index contributed by atoms with van der Waals surface area (Å²) in [5.41, 5.74) is 1.47. The Kier molecular flexibility index (Phi) is 5.41. The highest BCUT2D eigenvalue weighted by Crippen LogP contribution is 2.51. The molecule has 0 saturated carbocycles. The van der Waals surface area contributed by atoms with Crippen LogP contribution < -0.4 is 0 Å². The molecule has 0 nitrogen and oxygen atoms in total. The Bertz CT molecular complexity index is 211. The van der Waals surface area contributed by atoms with Gasteiger partial charge < -0.3 is 0 Å². The fourth-order valence-electron chi connectivity index (χ4n) is 4.25. The van der Waals surface area contributed by atoms with E-state index in [-0.39, 0.29) is 0 Å². The van der Waals surface area contributed by atoms with Crippen LogP contribution in [0.5, 0.6) is 0 Å². The summed E-state index contributed by atoms with van der Waals surface area (Å²) < 4.78 is 0. The Morgan fingerprint density at radius 2 is 0.579 bits per heavy atom. The third-order valence-electron chi connectivity index (χ3n) is 4.65. The summed E-state index contributed by atoms with van der Waals surface area (Å²) in [6, 6.07) is 0. The molecule has 0 atom stereocenters. The lowest BCUT2D eigenvalue weighted by molar-refractivity contribution is 0.00618. The summed E-state index contributed by atoms with van der Waals surface area (Å²) in [5, 5.41) is 0. The van der Waals surface area contributed by atoms with E-state index in [1.807, 2.05) is 0 Å². The number of hydrogen-bond donors (Lipinski definition) is 0. The van der Waals surface area contributed by atoms with Gasteiger partial charge in [-0.3, -0.25) is 0 Å². The smallest absolute Gasteiger partial charge is 0.0314 e. The van der Waals surface area contributed by atoms with Crippen LogP contribution in [0, 0.1) is 33.5 Å². The zero-order chi connectivity index (χ0) is 15.9. The average molecular weight is 269 g/mol. The third kappa shape index (κ3) is 5.88. The molecule has 0 spiro atoms. The largest absolute Gasteiger partial charge is 0.0599 e. The predicted octanol–water partition coefficient (Wildman–Crippen LogP) is 6.79. The van der Waals surface area contributed by atoms with Gasteiger partial charge in [0.15, 0.2) is 0 Å². The lowest BCUT2D eigenvalue weighted by Gasteiger charge is -2.49. The highest BCUT2D eigenvalue weighted by molar-refractivity contribution is 4.92. The molecule has 116 valence electrons. The molecule has 0 fully saturated rings. The van der Waals surface area contributed by atoms with Crippen molar-refractivity contribution in [2.75, 3.05) is 0 Å². The minimum absolute atomic E-state index is 0.368. The first-order chi connectivity index (χ1) is 7.97. The van der Waals surface area contributed by atoms with E-state index >= 15 is 0 Å². The quantitative estimate of drug-likeness (QED) is 0.517. The molecular weight excluding hydrogens is 228 g/mol. The van der Waals surface area contributed by atoms with Crippen LogP contribution in [0.15, 0.2) is 0 Å². The fraction of sp³-hybridized carbons (Fsp3) is 1.00. The van der Waals surface area contributed by atoms with Gasteiger partial charge in [-0.15, -0.1) is 0 Å². The first kappa shape index (κ1) is 19.0.